The average Bonchev–Trinajstić information content (AvgIpc) is 2.90. The van der Waals surface area contributed by atoms with Gasteiger partial charge in [0.25, 0.3) is 0 Å². The summed E-state index contributed by atoms with van der Waals surface area (Å²) in [7, 11) is -9.69. The lowest BCUT2D eigenvalue weighted by Gasteiger charge is -2.34. The molecule has 9 nitrogen and oxygen atoms in total. The third kappa shape index (κ3) is 16.4. The SMILES string of the molecule is CCO[Si](CCC[Si](C)(CCC[Si](OCC)(OCC)OCC)CCC[Si](OCC)(OCC)OCC)(OCC)OCC. The van der Waals surface area contributed by atoms with Crippen LogP contribution in [0.3, 0.4) is 0 Å². The summed E-state index contributed by atoms with van der Waals surface area (Å²) in [5.74, 6) is 0. The monoisotopic (exact) mass is 658 g/mol. The van der Waals surface area contributed by atoms with Crippen LogP contribution in [0.2, 0.25) is 42.8 Å². The number of rotatable bonds is 30. The van der Waals surface area contributed by atoms with Crippen molar-refractivity contribution in [2.45, 2.75) is 124 Å². The van der Waals surface area contributed by atoms with Crippen molar-refractivity contribution in [3.05, 3.63) is 0 Å². The van der Waals surface area contributed by atoms with Crippen LogP contribution in [0, 0.1) is 0 Å². The van der Waals surface area contributed by atoms with Gasteiger partial charge in [0.15, 0.2) is 0 Å². The highest BCUT2D eigenvalue weighted by atomic mass is 28.4. The van der Waals surface area contributed by atoms with Crippen LogP contribution in [0.25, 0.3) is 0 Å². The molecule has 0 atom stereocenters. The first kappa shape index (κ1) is 41.5. The van der Waals surface area contributed by atoms with Crippen molar-refractivity contribution >= 4 is 34.5 Å². The molecule has 0 radical (unpaired) electrons. The van der Waals surface area contributed by atoms with E-state index in [1.807, 2.05) is 62.3 Å². The second kappa shape index (κ2) is 23.8. The molecule has 0 fully saturated rings. The maximum atomic E-state index is 6.16. The van der Waals surface area contributed by atoms with E-state index in [0.29, 0.717) is 59.5 Å². The Bertz CT molecular complexity index is 489. The highest BCUT2D eigenvalue weighted by Crippen LogP contribution is 2.34. The minimum absolute atomic E-state index is 0.610. The van der Waals surface area contributed by atoms with Crippen LogP contribution in [0.4, 0.5) is 0 Å². The van der Waals surface area contributed by atoms with Crippen molar-refractivity contribution in [3.63, 3.8) is 0 Å². The molecular formula is C28H66O9Si4. The molecule has 0 unspecified atom stereocenters. The van der Waals surface area contributed by atoms with Crippen LogP contribution < -0.4 is 0 Å². The lowest BCUT2D eigenvalue weighted by Crippen LogP contribution is -2.47. The molecule has 0 heterocycles. The van der Waals surface area contributed by atoms with Gasteiger partial charge < -0.3 is 39.8 Å². The van der Waals surface area contributed by atoms with Crippen LogP contribution in [0.1, 0.15) is 81.6 Å². The van der Waals surface area contributed by atoms with Crippen LogP contribution in [-0.2, 0) is 39.8 Å². The Morgan fingerprint density at radius 3 is 0.610 bits per heavy atom. The molecule has 0 bridgehead atoms. The van der Waals surface area contributed by atoms with E-state index < -0.39 is 34.5 Å². The first-order valence-electron chi connectivity index (χ1n) is 16.4. The number of hydrogen-bond donors (Lipinski definition) is 0. The molecule has 0 aromatic rings. The zero-order valence-corrected chi connectivity index (χ0v) is 32.4. The maximum absolute atomic E-state index is 6.16. The van der Waals surface area contributed by atoms with Gasteiger partial charge in [0.2, 0.25) is 0 Å². The largest absolute Gasteiger partial charge is 0.500 e. The lowest BCUT2D eigenvalue weighted by atomic mass is 10.5. The summed E-state index contributed by atoms with van der Waals surface area (Å²) in [4.78, 5) is 0. The van der Waals surface area contributed by atoms with E-state index in [-0.39, 0.29) is 0 Å². The van der Waals surface area contributed by atoms with Gasteiger partial charge in [-0.05, 0) is 62.3 Å². The van der Waals surface area contributed by atoms with Gasteiger partial charge in [-0.25, -0.2) is 0 Å². The van der Waals surface area contributed by atoms with Crippen molar-refractivity contribution in [1.29, 1.82) is 0 Å². The predicted octanol–water partition coefficient (Wildman–Crippen LogP) is 7.38. The molecule has 0 aliphatic carbocycles. The Hall–Kier alpha value is 0.508. The van der Waals surface area contributed by atoms with E-state index in [0.717, 1.165) is 37.4 Å². The van der Waals surface area contributed by atoms with Crippen LogP contribution >= 0.6 is 0 Å². The van der Waals surface area contributed by atoms with Gasteiger partial charge in [-0.15, -0.1) is 0 Å². The zero-order valence-electron chi connectivity index (χ0n) is 28.4. The normalized spacial score (nSPS) is 13.3. The Labute approximate surface area is 257 Å². The highest BCUT2D eigenvalue weighted by molar-refractivity contribution is 6.79. The molecule has 0 aliphatic heterocycles. The summed E-state index contributed by atoms with van der Waals surface area (Å²) in [5.41, 5.74) is 0. The van der Waals surface area contributed by atoms with Gasteiger partial charge in [-0.1, -0.05) is 43.9 Å². The maximum Gasteiger partial charge on any atom is 0.500 e. The van der Waals surface area contributed by atoms with E-state index in [9.17, 15) is 0 Å². The molecular weight excluding hydrogens is 593 g/mol. The quantitative estimate of drug-likeness (QED) is 0.0734. The minimum Gasteiger partial charge on any atom is -0.374 e. The van der Waals surface area contributed by atoms with Crippen molar-refractivity contribution in [3.8, 4) is 0 Å². The van der Waals surface area contributed by atoms with E-state index in [1.165, 1.54) is 18.1 Å². The van der Waals surface area contributed by atoms with E-state index in [4.69, 9.17) is 39.8 Å². The fourth-order valence-corrected chi connectivity index (χ4v) is 18.3. The summed E-state index contributed by atoms with van der Waals surface area (Å²) in [6.45, 7) is 26.2. The Morgan fingerprint density at radius 2 is 0.463 bits per heavy atom. The van der Waals surface area contributed by atoms with Gasteiger partial charge in [0.1, 0.15) is 0 Å². The second-order valence-electron chi connectivity index (χ2n) is 10.3. The third-order valence-electron chi connectivity index (χ3n) is 7.07. The summed E-state index contributed by atoms with van der Waals surface area (Å²) < 4.78 is 55.4. The lowest BCUT2D eigenvalue weighted by molar-refractivity contribution is 0.0705. The molecule has 0 rings (SSSR count). The fraction of sp³-hybridized carbons (Fsp3) is 1.00. The molecule has 0 aromatic heterocycles. The standard InChI is InChI=1S/C28H66O9Si4/c1-11-29-39(30-12-2,31-13-3)26-20-23-38(10,24-21-27-40(32-14-4,33-15-5)34-16-6)25-22-28-41(35-17-7,36-18-8)37-19-9/h11-28H2,1-10H3. The van der Waals surface area contributed by atoms with E-state index in [1.54, 1.807) is 0 Å². The summed E-state index contributed by atoms with van der Waals surface area (Å²) in [6.07, 6.45) is 3.14. The summed E-state index contributed by atoms with van der Waals surface area (Å²) >= 11 is 0. The van der Waals surface area contributed by atoms with Crippen LogP contribution in [0.5, 0.6) is 0 Å². The summed E-state index contributed by atoms with van der Waals surface area (Å²) in [5, 5.41) is 0. The van der Waals surface area contributed by atoms with Crippen molar-refractivity contribution in [2.24, 2.45) is 0 Å². The molecule has 0 aromatic carbocycles. The van der Waals surface area contributed by atoms with Gasteiger partial charge in [-0.3, -0.25) is 0 Å². The first-order valence-corrected chi connectivity index (χ1v) is 25.3. The van der Waals surface area contributed by atoms with E-state index in [2.05, 4.69) is 6.55 Å². The Morgan fingerprint density at radius 1 is 0.293 bits per heavy atom. The highest BCUT2D eigenvalue weighted by Gasteiger charge is 2.44. The molecule has 0 aliphatic rings. The average molecular weight is 659 g/mol. The molecule has 248 valence electrons. The molecule has 41 heavy (non-hydrogen) atoms. The van der Waals surface area contributed by atoms with Gasteiger partial charge in [-0.2, -0.15) is 0 Å². The predicted molar refractivity (Wildman–Crippen MR) is 176 cm³/mol. The second-order valence-corrected chi connectivity index (χ2v) is 23.6. The van der Waals surface area contributed by atoms with Crippen molar-refractivity contribution in [2.75, 3.05) is 59.5 Å². The summed E-state index contributed by atoms with van der Waals surface area (Å²) in [6, 6.07) is 6.14. The smallest absolute Gasteiger partial charge is 0.374 e. The Balaban J connectivity index is 5.75. The topological polar surface area (TPSA) is 83.1 Å². The first-order chi connectivity index (χ1) is 19.7. The van der Waals surface area contributed by atoms with E-state index >= 15 is 0 Å². The molecule has 0 N–H and O–H groups in total. The molecule has 0 saturated heterocycles. The number of hydrogen-bond acceptors (Lipinski definition) is 9. The minimum atomic E-state index is -2.67. The molecule has 0 amide bonds. The van der Waals surface area contributed by atoms with Gasteiger partial charge in [0, 0.05) is 77.6 Å². The molecule has 13 heteroatoms. The fourth-order valence-electron chi connectivity index (χ4n) is 5.57. The van der Waals surface area contributed by atoms with Crippen molar-refractivity contribution in [1.82, 2.24) is 0 Å². The third-order valence-corrected chi connectivity index (χ3v) is 21.2. The molecule has 0 saturated carbocycles. The van der Waals surface area contributed by atoms with Gasteiger partial charge in [0.05, 0.1) is 8.07 Å². The van der Waals surface area contributed by atoms with Gasteiger partial charge >= 0.3 is 26.4 Å². The van der Waals surface area contributed by atoms with Crippen LogP contribution in [0.15, 0.2) is 0 Å². The van der Waals surface area contributed by atoms with Crippen molar-refractivity contribution < 1.29 is 39.8 Å². The van der Waals surface area contributed by atoms with Crippen LogP contribution in [-0.4, -0.2) is 93.9 Å². The zero-order chi connectivity index (χ0) is 31.1. The Kier molecular flexibility index (Phi) is 24.1. The molecule has 0 spiro atoms.